The Balaban J connectivity index is 2.25. The van der Waals surface area contributed by atoms with Crippen LogP contribution in [0.5, 0.6) is 0 Å². The summed E-state index contributed by atoms with van der Waals surface area (Å²) in [5, 5.41) is 3.61. The maximum atomic E-state index is 6.38. The molecule has 134 valence electrons. The zero-order valence-electron chi connectivity index (χ0n) is 15.7. The van der Waals surface area contributed by atoms with E-state index in [2.05, 4.69) is 92.5 Å². The molecule has 0 aliphatic heterocycles. The lowest BCUT2D eigenvalue weighted by atomic mass is 10.2. The summed E-state index contributed by atoms with van der Waals surface area (Å²) in [7, 11) is -0.792. The Kier molecular flexibility index (Phi) is 5.70. The smallest absolute Gasteiger partial charge is 0.287 e. The Morgan fingerprint density at radius 2 is 0.815 bits per heavy atom. The standard InChI is InChI=1S/C25H24OSi/c1-5-20-8-14-23(15-9-20)27(26-4,24-16-10-21(6-2)11-17-24)25-18-12-22(7-3)13-19-25/h5-19H,1-3H2,4H3. The number of hydrogen-bond donors (Lipinski definition) is 0. The lowest BCUT2D eigenvalue weighted by molar-refractivity contribution is 0.426. The number of benzene rings is 3. The molecule has 27 heavy (non-hydrogen) atoms. The third-order valence-corrected chi connectivity index (χ3v) is 9.02. The highest BCUT2D eigenvalue weighted by Crippen LogP contribution is 2.12. The molecule has 0 atom stereocenters. The predicted octanol–water partition coefficient (Wildman–Crippen LogP) is 4.23. The van der Waals surface area contributed by atoms with E-state index in [0.717, 1.165) is 16.7 Å². The Hall–Kier alpha value is -2.94. The maximum absolute atomic E-state index is 6.38. The van der Waals surface area contributed by atoms with Crippen LogP contribution in [0.1, 0.15) is 16.7 Å². The van der Waals surface area contributed by atoms with E-state index < -0.39 is 8.32 Å². The lowest BCUT2D eigenvalue weighted by Gasteiger charge is -2.31. The molecule has 1 nitrogen and oxygen atoms in total. The van der Waals surface area contributed by atoms with E-state index in [1.54, 1.807) is 0 Å². The summed E-state index contributed by atoms with van der Waals surface area (Å²) in [5.74, 6) is 0. The fourth-order valence-corrected chi connectivity index (χ4v) is 7.03. The van der Waals surface area contributed by atoms with Gasteiger partial charge in [-0.1, -0.05) is 111 Å². The van der Waals surface area contributed by atoms with Gasteiger partial charge in [0, 0.05) is 7.11 Å². The molecule has 0 saturated carbocycles. The second kappa shape index (κ2) is 8.17. The van der Waals surface area contributed by atoms with Crippen LogP contribution < -0.4 is 15.6 Å². The molecule has 0 fully saturated rings. The molecule has 3 aromatic carbocycles. The number of hydrogen-bond acceptors (Lipinski definition) is 1. The van der Waals surface area contributed by atoms with E-state index in [0.29, 0.717) is 0 Å². The van der Waals surface area contributed by atoms with E-state index >= 15 is 0 Å². The zero-order valence-corrected chi connectivity index (χ0v) is 16.7. The van der Waals surface area contributed by atoms with Crippen molar-refractivity contribution in [1.29, 1.82) is 0 Å². The second-order valence-corrected chi connectivity index (χ2v) is 9.87. The van der Waals surface area contributed by atoms with E-state index in [1.165, 1.54) is 15.6 Å². The molecule has 2 heteroatoms. The van der Waals surface area contributed by atoms with Crippen LogP contribution in [0.25, 0.3) is 18.2 Å². The van der Waals surface area contributed by atoms with Crippen LogP contribution in [0.4, 0.5) is 0 Å². The molecule has 3 aromatic rings. The van der Waals surface area contributed by atoms with Gasteiger partial charge in [-0.25, -0.2) is 0 Å². The fourth-order valence-electron chi connectivity index (χ4n) is 3.42. The highest BCUT2D eigenvalue weighted by Gasteiger charge is 2.40. The molecule has 0 saturated heterocycles. The highest BCUT2D eigenvalue weighted by molar-refractivity contribution is 7.07. The first-order chi connectivity index (χ1) is 13.2. The summed E-state index contributed by atoms with van der Waals surface area (Å²) in [4.78, 5) is 0. The first-order valence-electron chi connectivity index (χ1n) is 8.92. The van der Waals surface area contributed by atoms with Crippen LogP contribution in [-0.2, 0) is 4.43 Å². The quantitative estimate of drug-likeness (QED) is 0.448. The third-order valence-electron chi connectivity index (χ3n) is 4.96. The molecule has 0 aliphatic carbocycles. The van der Waals surface area contributed by atoms with Crippen LogP contribution in [0.2, 0.25) is 0 Å². The van der Waals surface area contributed by atoms with E-state index in [4.69, 9.17) is 4.43 Å². The van der Waals surface area contributed by atoms with Gasteiger partial charge in [-0.2, -0.15) is 0 Å². The topological polar surface area (TPSA) is 9.23 Å². The maximum Gasteiger partial charge on any atom is 0.287 e. The average molecular weight is 369 g/mol. The van der Waals surface area contributed by atoms with Crippen LogP contribution in [-0.4, -0.2) is 15.4 Å². The molecule has 0 heterocycles. The van der Waals surface area contributed by atoms with Crippen LogP contribution in [0, 0.1) is 0 Å². The van der Waals surface area contributed by atoms with E-state index in [9.17, 15) is 0 Å². The van der Waals surface area contributed by atoms with Gasteiger partial charge in [0.15, 0.2) is 0 Å². The summed E-state index contributed by atoms with van der Waals surface area (Å²) in [6, 6.07) is 25.6. The fraction of sp³-hybridized carbons (Fsp3) is 0.0400. The van der Waals surface area contributed by atoms with Crippen molar-refractivity contribution in [2.24, 2.45) is 0 Å². The second-order valence-electron chi connectivity index (χ2n) is 6.36. The van der Waals surface area contributed by atoms with Gasteiger partial charge < -0.3 is 4.43 Å². The van der Waals surface area contributed by atoms with Crippen LogP contribution in [0.15, 0.2) is 92.5 Å². The largest absolute Gasteiger partial charge is 0.408 e. The van der Waals surface area contributed by atoms with Gasteiger partial charge in [0.05, 0.1) is 0 Å². The van der Waals surface area contributed by atoms with E-state index in [-0.39, 0.29) is 0 Å². The summed E-state index contributed by atoms with van der Waals surface area (Å²) < 4.78 is 6.38. The van der Waals surface area contributed by atoms with Gasteiger partial charge in [0.2, 0.25) is 0 Å². The first kappa shape index (κ1) is 18.8. The van der Waals surface area contributed by atoms with Crippen molar-refractivity contribution in [3.63, 3.8) is 0 Å². The van der Waals surface area contributed by atoms with E-state index in [1.807, 2.05) is 25.3 Å². The van der Waals surface area contributed by atoms with Crippen molar-refractivity contribution in [3.8, 4) is 0 Å². The first-order valence-corrected chi connectivity index (χ1v) is 10.8. The molecule has 0 radical (unpaired) electrons. The van der Waals surface area contributed by atoms with Gasteiger partial charge in [-0.3, -0.25) is 0 Å². The van der Waals surface area contributed by atoms with Crippen molar-refractivity contribution < 1.29 is 4.43 Å². The van der Waals surface area contributed by atoms with Crippen molar-refractivity contribution >= 4 is 42.1 Å². The minimum Gasteiger partial charge on any atom is -0.408 e. The molecule has 0 bridgehead atoms. The minimum atomic E-state index is -2.61. The normalized spacial score (nSPS) is 11.0. The Labute approximate surface area is 163 Å². The summed E-state index contributed by atoms with van der Waals surface area (Å²) >= 11 is 0. The summed E-state index contributed by atoms with van der Waals surface area (Å²) in [5.41, 5.74) is 3.30. The Morgan fingerprint density at radius 3 is 1.00 bits per heavy atom. The van der Waals surface area contributed by atoms with Crippen molar-refractivity contribution in [2.45, 2.75) is 0 Å². The third kappa shape index (κ3) is 3.50. The molecule has 3 rings (SSSR count). The van der Waals surface area contributed by atoms with Gasteiger partial charge in [-0.15, -0.1) is 0 Å². The monoisotopic (exact) mass is 368 g/mol. The SMILES string of the molecule is C=Cc1ccc([Si](OC)(c2ccc(C=C)cc2)c2ccc(C=C)cc2)cc1. The van der Waals surface area contributed by atoms with Gasteiger partial charge in [-0.05, 0) is 32.3 Å². The lowest BCUT2D eigenvalue weighted by Crippen LogP contribution is -2.68. The average Bonchev–Trinajstić information content (AvgIpc) is 2.76. The van der Waals surface area contributed by atoms with Crippen LogP contribution in [0.3, 0.4) is 0 Å². The Morgan fingerprint density at radius 1 is 0.556 bits per heavy atom. The molecular formula is C25H24OSi. The number of rotatable bonds is 7. The summed E-state index contributed by atoms with van der Waals surface area (Å²) in [6.07, 6.45) is 5.58. The van der Waals surface area contributed by atoms with Crippen molar-refractivity contribution in [2.75, 3.05) is 7.11 Å². The Bertz CT molecular complexity index is 810. The molecule has 0 amide bonds. The summed E-state index contributed by atoms with van der Waals surface area (Å²) in [6.45, 7) is 11.6. The molecule has 0 aromatic heterocycles. The minimum absolute atomic E-state index is 1.10. The molecule has 0 aliphatic rings. The molecule has 0 unspecified atom stereocenters. The van der Waals surface area contributed by atoms with Gasteiger partial charge in [0.25, 0.3) is 8.32 Å². The highest BCUT2D eigenvalue weighted by atomic mass is 28.4. The zero-order chi connectivity index (χ0) is 19.3. The predicted molar refractivity (Wildman–Crippen MR) is 121 cm³/mol. The van der Waals surface area contributed by atoms with Crippen LogP contribution >= 0.6 is 0 Å². The van der Waals surface area contributed by atoms with Gasteiger partial charge in [0.1, 0.15) is 0 Å². The molecule has 0 N–H and O–H groups in total. The molecule has 0 spiro atoms. The molecular weight excluding hydrogens is 344 g/mol. The van der Waals surface area contributed by atoms with Crippen molar-refractivity contribution in [1.82, 2.24) is 0 Å². The van der Waals surface area contributed by atoms with Gasteiger partial charge >= 0.3 is 0 Å². The van der Waals surface area contributed by atoms with Crippen molar-refractivity contribution in [3.05, 3.63) is 109 Å².